The van der Waals surface area contributed by atoms with Gasteiger partial charge in [-0.25, -0.2) is 0 Å². The summed E-state index contributed by atoms with van der Waals surface area (Å²) in [5, 5.41) is 6.32. The second-order valence-corrected chi connectivity index (χ2v) is 7.95. The number of carbonyl (C=O) groups is 3. The summed E-state index contributed by atoms with van der Waals surface area (Å²) in [6.07, 6.45) is 2.28. The van der Waals surface area contributed by atoms with E-state index in [0.29, 0.717) is 34.8 Å². The molecule has 0 spiro atoms. The van der Waals surface area contributed by atoms with Crippen molar-refractivity contribution in [2.75, 3.05) is 11.9 Å². The SMILES string of the molecule is CCC(C)NC(=O)C1CCCN1C(=O)c1cccc(NC(=O)c2ccc(Cl)cc2)c1. The van der Waals surface area contributed by atoms with E-state index in [2.05, 4.69) is 10.6 Å². The fourth-order valence-corrected chi connectivity index (χ4v) is 3.55. The molecule has 2 unspecified atom stereocenters. The normalized spacial score (nSPS) is 16.8. The minimum atomic E-state index is -0.459. The Hall–Kier alpha value is -2.86. The van der Waals surface area contributed by atoms with Crippen molar-refractivity contribution >= 4 is 35.0 Å². The molecule has 1 heterocycles. The number of likely N-dealkylation sites (tertiary alicyclic amines) is 1. The van der Waals surface area contributed by atoms with Gasteiger partial charge in [0.05, 0.1) is 0 Å². The zero-order valence-corrected chi connectivity index (χ0v) is 17.9. The van der Waals surface area contributed by atoms with Crippen LogP contribution in [0.2, 0.25) is 5.02 Å². The van der Waals surface area contributed by atoms with E-state index in [1.165, 1.54) is 0 Å². The molecule has 0 saturated carbocycles. The summed E-state index contributed by atoms with van der Waals surface area (Å²) >= 11 is 5.86. The van der Waals surface area contributed by atoms with Crippen molar-refractivity contribution in [3.05, 3.63) is 64.7 Å². The lowest BCUT2D eigenvalue weighted by atomic mass is 10.1. The highest BCUT2D eigenvalue weighted by Crippen LogP contribution is 2.22. The fraction of sp³-hybridized carbons (Fsp3) is 0.348. The summed E-state index contributed by atoms with van der Waals surface area (Å²) in [5.74, 6) is -0.606. The van der Waals surface area contributed by atoms with Gasteiger partial charge in [-0.1, -0.05) is 24.6 Å². The van der Waals surface area contributed by atoms with Crippen molar-refractivity contribution in [3.8, 4) is 0 Å². The molecule has 1 aliphatic heterocycles. The van der Waals surface area contributed by atoms with Crippen LogP contribution in [-0.2, 0) is 4.79 Å². The Morgan fingerprint density at radius 1 is 1.13 bits per heavy atom. The number of carbonyl (C=O) groups excluding carboxylic acids is 3. The predicted octanol–water partition coefficient (Wildman–Crippen LogP) is 4.11. The molecular weight excluding hydrogens is 402 g/mol. The summed E-state index contributed by atoms with van der Waals surface area (Å²) in [5.41, 5.74) is 1.42. The van der Waals surface area contributed by atoms with Crippen molar-refractivity contribution in [1.29, 1.82) is 0 Å². The Morgan fingerprint density at radius 3 is 2.57 bits per heavy atom. The minimum absolute atomic E-state index is 0.0708. The summed E-state index contributed by atoms with van der Waals surface area (Å²) in [6.45, 7) is 4.50. The lowest BCUT2D eigenvalue weighted by Crippen LogP contribution is -2.48. The van der Waals surface area contributed by atoms with Crippen molar-refractivity contribution in [2.45, 2.75) is 45.2 Å². The summed E-state index contributed by atoms with van der Waals surface area (Å²) in [4.78, 5) is 39.7. The molecule has 0 bridgehead atoms. The fourth-order valence-electron chi connectivity index (χ4n) is 3.42. The maximum atomic E-state index is 13.1. The van der Waals surface area contributed by atoms with Gasteiger partial charge in [0.2, 0.25) is 5.91 Å². The van der Waals surface area contributed by atoms with Crippen molar-refractivity contribution in [3.63, 3.8) is 0 Å². The molecule has 0 radical (unpaired) electrons. The van der Waals surface area contributed by atoms with Crippen LogP contribution < -0.4 is 10.6 Å². The van der Waals surface area contributed by atoms with E-state index < -0.39 is 6.04 Å². The largest absolute Gasteiger partial charge is 0.352 e. The molecular formula is C23H26ClN3O3. The quantitative estimate of drug-likeness (QED) is 0.728. The van der Waals surface area contributed by atoms with E-state index in [0.717, 1.165) is 12.8 Å². The second-order valence-electron chi connectivity index (χ2n) is 7.52. The molecule has 7 heteroatoms. The smallest absolute Gasteiger partial charge is 0.255 e. The van der Waals surface area contributed by atoms with Gasteiger partial charge in [0, 0.05) is 34.4 Å². The molecule has 6 nitrogen and oxygen atoms in total. The zero-order valence-electron chi connectivity index (χ0n) is 17.2. The number of anilines is 1. The first kappa shape index (κ1) is 21.8. The monoisotopic (exact) mass is 427 g/mol. The van der Waals surface area contributed by atoms with E-state index in [1.807, 2.05) is 13.8 Å². The second kappa shape index (κ2) is 9.76. The van der Waals surface area contributed by atoms with Crippen LogP contribution in [0.15, 0.2) is 48.5 Å². The van der Waals surface area contributed by atoms with Crippen LogP contribution in [0.3, 0.4) is 0 Å². The van der Waals surface area contributed by atoms with Gasteiger partial charge in [0.15, 0.2) is 0 Å². The number of halogens is 1. The first-order valence-electron chi connectivity index (χ1n) is 10.2. The molecule has 30 heavy (non-hydrogen) atoms. The molecule has 0 aromatic heterocycles. The van der Waals surface area contributed by atoms with E-state index in [9.17, 15) is 14.4 Å². The van der Waals surface area contributed by atoms with E-state index in [-0.39, 0.29) is 23.8 Å². The molecule has 2 aromatic rings. The molecule has 158 valence electrons. The zero-order chi connectivity index (χ0) is 21.7. The van der Waals surface area contributed by atoms with E-state index >= 15 is 0 Å². The average molecular weight is 428 g/mol. The lowest BCUT2D eigenvalue weighted by molar-refractivity contribution is -0.125. The average Bonchev–Trinajstić information content (AvgIpc) is 3.23. The Morgan fingerprint density at radius 2 is 1.87 bits per heavy atom. The Balaban J connectivity index is 1.71. The summed E-state index contributed by atoms with van der Waals surface area (Å²) < 4.78 is 0. The van der Waals surface area contributed by atoms with Crippen molar-refractivity contribution in [2.24, 2.45) is 0 Å². The van der Waals surface area contributed by atoms with Gasteiger partial charge >= 0.3 is 0 Å². The number of benzene rings is 2. The van der Waals surface area contributed by atoms with Gasteiger partial charge < -0.3 is 15.5 Å². The highest BCUT2D eigenvalue weighted by molar-refractivity contribution is 6.30. The molecule has 3 amide bonds. The van der Waals surface area contributed by atoms with Gasteiger partial charge in [-0.15, -0.1) is 0 Å². The standard InChI is InChI=1S/C23H26ClN3O3/c1-3-15(2)25-22(29)20-8-5-13-27(20)23(30)17-6-4-7-19(14-17)26-21(28)16-9-11-18(24)12-10-16/h4,6-7,9-12,14-15,20H,3,5,8,13H2,1-2H3,(H,25,29)(H,26,28). The maximum Gasteiger partial charge on any atom is 0.255 e. The number of hydrogen-bond donors (Lipinski definition) is 2. The van der Waals surface area contributed by atoms with Crippen LogP contribution in [0.25, 0.3) is 0 Å². The van der Waals surface area contributed by atoms with Crippen molar-refractivity contribution in [1.82, 2.24) is 10.2 Å². The topological polar surface area (TPSA) is 78.5 Å². The van der Waals surface area contributed by atoms with Crippen LogP contribution in [0.4, 0.5) is 5.69 Å². The molecule has 2 aromatic carbocycles. The van der Waals surface area contributed by atoms with Gasteiger partial charge in [-0.2, -0.15) is 0 Å². The molecule has 0 aliphatic carbocycles. The first-order chi connectivity index (χ1) is 14.4. The number of nitrogens with zero attached hydrogens (tertiary/aromatic N) is 1. The van der Waals surface area contributed by atoms with Gasteiger partial charge in [0.25, 0.3) is 11.8 Å². The van der Waals surface area contributed by atoms with Crippen molar-refractivity contribution < 1.29 is 14.4 Å². The Labute approximate surface area is 181 Å². The predicted molar refractivity (Wildman–Crippen MR) is 118 cm³/mol. The summed E-state index contributed by atoms with van der Waals surface area (Å²) in [7, 11) is 0. The molecule has 1 saturated heterocycles. The molecule has 2 N–H and O–H groups in total. The number of amides is 3. The minimum Gasteiger partial charge on any atom is -0.352 e. The maximum absolute atomic E-state index is 13.1. The molecule has 1 aliphatic rings. The molecule has 3 rings (SSSR count). The van der Waals surface area contributed by atoms with Crippen LogP contribution in [0, 0.1) is 0 Å². The highest BCUT2D eigenvalue weighted by atomic mass is 35.5. The lowest BCUT2D eigenvalue weighted by Gasteiger charge is -2.25. The van der Waals surface area contributed by atoms with Gasteiger partial charge in [-0.05, 0) is 68.7 Å². The van der Waals surface area contributed by atoms with E-state index in [1.54, 1.807) is 53.4 Å². The van der Waals surface area contributed by atoms with Crippen LogP contribution >= 0.6 is 11.6 Å². The van der Waals surface area contributed by atoms with Crippen LogP contribution in [0.1, 0.15) is 53.8 Å². The third kappa shape index (κ3) is 5.19. The number of rotatable bonds is 6. The van der Waals surface area contributed by atoms with Gasteiger partial charge in [0.1, 0.15) is 6.04 Å². The van der Waals surface area contributed by atoms with Crippen LogP contribution in [-0.4, -0.2) is 41.2 Å². The molecule has 2 atom stereocenters. The third-order valence-electron chi connectivity index (χ3n) is 5.29. The van der Waals surface area contributed by atoms with Crippen LogP contribution in [0.5, 0.6) is 0 Å². The van der Waals surface area contributed by atoms with Gasteiger partial charge in [-0.3, -0.25) is 14.4 Å². The molecule has 1 fully saturated rings. The highest BCUT2D eigenvalue weighted by Gasteiger charge is 2.34. The Kier molecular flexibility index (Phi) is 7.11. The Bertz CT molecular complexity index is 930. The first-order valence-corrected chi connectivity index (χ1v) is 10.5. The third-order valence-corrected chi connectivity index (χ3v) is 5.54. The summed E-state index contributed by atoms with van der Waals surface area (Å²) in [6, 6.07) is 13.0. The number of nitrogens with one attached hydrogen (secondary N) is 2. The number of hydrogen-bond acceptors (Lipinski definition) is 3. The van der Waals surface area contributed by atoms with E-state index in [4.69, 9.17) is 11.6 Å².